The van der Waals surface area contributed by atoms with Gasteiger partial charge in [0.25, 0.3) is 0 Å². The molecule has 0 aliphatic carbocycles. The van der Waals surface area contributed by atoms with Gasteiger partial charge in [0.05, 0.1) is 5.56 Å². The highest BCUT2D eigenvalue weighted by atomic mass is 16.5. The number of rotatable bonds is 4. The number of carbonyl (C=O) groups is 2. The molecule has 16 heavy (non-hydrogen) atoms. The van der Waals surface area contributed by atoms with Gasteiger partial charge in [0, 0.05) is 13.5 Å². The lowest BCUT2D eigenvalue weighted by Crippen LogP contribution is -2.13. The summed E-state index contributed by atoms with van der Waals surface area (Å²) in [7, 11) is 0. The third kappa shape index (κ3) is 3.70. The summed E-state index contributed by atoms with van der Waals surface area (Å²) in [6.45, 7) is 1.78. The molecule has 1 aromatic carbocycles. The molecule has 0 aromatic heterocycles. The van der Waals surface area contributed by atoms with Crippen LogP contribution < -0.4 is 10.5 Å². The molecule has 0 aliphatic rings. The molecule has 5 nitrogen and oxygen atoms in total. The number of ether oxygens (including phenoxy) is 2. The fraction of sp³-hybridized carbons (Fsp3) is 0.273. The van der Waals surface area contributed by atoms with E-state index in [1.54, 1.807) is 0 Å². The Balaban J connectivity index is 2.63. The van der Waals surface area contributed by atoms with E-state index >= 15 is 0 Å². The average Bonchev–Trinajstić information content (AvgIpc) is 2.26. The fourth-order valence-electron chi connectivity index (χ4n) is 1.06. The Labute approximate surface area is 93.1 Å². The zero-order valence-electron chi connectivity index (χ0n) is 8.93. The van der Waals surface area contributed by atoms with Crippen LogP contribution in [0.4, 0.5) is 0 Å². The molecule has 1 rings (SSSR count). The summed E-state index contributed by atoms with van der Waals surface area (Å²) in [6, 6.07) is 6.11. The van der Waals surface area contributed by atoms with Crippen LogP contribution in [0.1, 0.15) is 17.3 Å². The van der Waals surface area contributed by atoms with Crippen molar-refractivity contribution < 1.29 is 19.1 Å². The first-order valence-corrected chi connectivity index (χ1v) is 4.79. The van der Waals surface area contributed by atoms with Crippen LogP contribution in [0, 0.1) is 0 Å². The minimum absolute atomic E-state index is 0.185. The fourth-order valence-corrected chi connectivity index (χ4v) is 1.06. The second-order valence-electron chi connectivity index (χ2n) is 3.04. The Morgan fingerprint density at radius 1 is 1.25 bits per heavy atom. The monoisotopic (exact) mass is 223 g/mol. The summed E-state index contributed by atoms with van der Waals surface area (Å²) >= 11 is 0. The van der Waals surface area contributed by atoms with Crippen molar-refractivity contribution in [3.63, 3.8) is 0 Å². The minimum atomic E-state index is -0.445. The summed E-state index contributed by atoms with van der Waals surface area (Å²) in [5.74, 6) is -0.457. The van der Waals surface area contributed by atoms with Gasteiger partial charge in [-0.15, -0.1) is 0 Å². The van der Waals surface area contributed by atoms with Crippen molar-refractivity contribution in [3.8, 4) is 5.75 Å². The molecular formula is C11H13NO4. The zero-order chi connectivity index (χ0) is 12.0. The predicted molar refractivity (Wildman–Crippen MR) is 57.1 cm³/mol. The summed E-state index contributed by atoms with van der Waals surface area (Å²) in [5, 5.41) is 0. The topological polar surface area (TPSA) is 78.6 Å². The van der Waals surface area contributed by atoms with Crippen molar-refractivity contribution in [3.05, 3.63) is 29.8 Å². The number of carbonyl (C=O) groups excluding carboxylic acids is 2. The van der Waals surface area contributed by atoms with E-state index < -0.39 is 11.9 Å². The van der Waals surface area contributed by atoms with Gasteiger partial charge >= 0.3 is 11.9 Å². The van der Waals surface area contributed by atoms with Crippen molar-refractivity contribution in [1.29, 1.82) is 0 Å². The maximum absolute atomic E-state index is 11.4. The largest absolute Gasteiger partial charge is 0.461 e. The summed E-state index contributed by atoms with van der Waals surface area (Å²) < 4.78 is 9.65. The lowest BCUT2D eigenvalue weighted by Gasteiger charge is -2.04. The molecule has 0 unspecified atom stereocenters. The molecule has 0 radical (unpaired) electrons. The van der Waals surface area contributed by atoms with Gasteiger partial charge in [0.15, 0.2) is 0 Å². The Hall–Kier alpha value is -1.88. The minimum Gasteiger partial charge on any atom is -0.461 e. The van der Waals surface area contributed by atoms with Crippen molar-refractivity contribution in [2.75, 3.05) is 13.2 Å². The third-order valence-corrected chi connectivity index (χ3v) is 1.70. The van der Waals surface area contributed by atoms with Gasteiger partial charge < -0.3 is 15.2 Å². The van der Waals surface area contributed by atoms with E-state index in [4.69, 9.17) is 15.2 Å². The average molecular weight is 223 g/mol. The number of hydrogen-bond acceptors (Lipinski definition) is 5. The Bertz CT molecular complexity index is 372. The first kappa shape index (κ1) is 12.2. The highest BCUT2D eigenvalue weighted by Gasteiger charge is 2.06. The SMILES string of the molecule is CC(=O)Oc1ccc(C(=O)OCCN)cc1. The molecule has 0 saturated carbocycles. The molecule has 86 valence electrons. The Kier molecular flexibility index (Phi) is 4.47. The van der Waals surface area contributed by atoms with Crippen LogP contribution >= 0.6 is 0 Å². The van der Waals surface area contributed by atoms with Crippen LogP contribution in [0.5, 0.6) is 5.75 Å². The Morgan fingerprint density at radius 2 is 1.88 bits per heavy atom. The summed E-state index contributed by atoms with van der Waals surface area (Å²) in [6.07, 6.45) is 0. The van der Waals surface area contributed by atoms with Gasteiger partial charge in [-0.3, -0.25) is 4.79 Å². The molecular weight excluding hydrogens is 210 g/mol. The molecule has 0 bridgehead atoms. The van der Waals surface area contributed by atoms with E-state index in [0.29, 0.717) is 11.3 Å². The van der Waals surface area contributed by atoms with E-state index in [1.807, 2.05) is 0 Å². The van der Waals surface area contributed by atoms with Crippen LogP contribution in [-0.2, 0) is 9.53 Å². The van der Waals surface area contributed by atoms with Gasteiger partial charge in [-0.2, -0.15) is 0 Å². The van der Waals surface area contributed by atoms with Crippen LogP contribution in [0.3, 0.4) is 0 Å². The molecule has 0 heterocycles. The standard InChI is InChI=1S/C11H13NO4/c1-8(13)16-10-4-2-9(3-5-10)11(14)15-7-6-12/h2-5H,6-7,12H2,1H3. The van der Waals surface area contributed by atoms with E-state index in [9.17, 15) is 9.59 Å². The smallest absolute Gasteiger partial charge is 0.338 e. The first-order valence-electron chi connectivity index (χ1n) is 4.79. The van der Waals surface area contributed by atoms with Crippen LogP contribution in [-0.4, -0.2) is 25.1 Å². The molecule has 1 aromatic rings. The van der Waals surface area contributed by atoms with Gasteiger partial charge in [-0.05, 0) is 24.3 Å². The molecule has 2 N–H and O–H groups in total. The molecule has 0 amide bonds. The van der Waals surface area contributed by atoms with E-state index in [-0.39, 0.29) is 13.2 Å². The van der Waals surface area contributed by atoms with Crippen molar-refractivity contribution in [1.82, 2.24) is 0 Å². The number of esters is 2. The van der Waals surface area contributed by atoms with E-state index in [1.165, 1.54) is 31.2 Å². The summed E-state index contributed by atoms with van der Waals surface area (Å²) in [4.78, 5) is 22.0. The van der Waals surface area contributed by atoms with Gasteiger partial charge in [-0.25, -0.2) is 4.79 Å². The van der Waals surface area contributed by atoms with E-state index in [0.717, 1.165) is 0 Å². The molecule has 0 aliphatic heterocycles. The maximum Gasteiger partial charge on any atom is 0.338 e. The first-order chi connectivity index (χ1) is 7.63. The van der Waals surface area contributed by atoms with Crippen LogP contribution in [0.15, 0.2) is 24.3 Å². The lowest BCUT2D eigenvalue weighted by molar-refractivity contribution is -0.131. The molecule has 5 heteroatoms. The van der Waals surface area contributed by atoms with Crippen molar-refractivity contribution >= 4 is 11.9 Å². The van der Waals surface area contributed by atoms with Gasteiger partial charge in [0.1, 0.15) is 12.4 Å². The quantitative estimate of drug-likeness (QED) is 0.601. The summed E-state index contributed by atoms with van der Waals surface area (Å²) in [5.41, 5.74) is 5.59. The van der Waals surface area contributed by atoms with Crippen molar-refractivity contribution in [2.45, 2.75) is 6.92 Å². The van der Waals surface area contributed by atoms with Gasteiger partial charge in [-0.1, -0.05) is 0 Å². The molecule has 0 atom stereocenters. The second kappa shape index (κ2) is 5.87. The van der Waals surface area contributed by atoms with Crippen molar-refractivity contribution in [2.24, 2.45) is 5.73 Å². The number of hydrogen-bond donors (Lipinski definition) is 1. The third-order valence-electron chi connectivity index (χ3n) is 1.70. The molecule has 0 spiro atoms. The lowest BCUT2D eigenvalue weighted by atomic mass is 10.2. The van der Waals surface area contributed by atoms with Crippen LogP contribution in [0.2, 0.25) is 0 Å². The second-order valence-corrected chi connectivity index (χ2v) is 3.04. The predicted octanol–water partition coefficient (Wildman–Crippen LogP) is 0.727. The Morgan fingerprint density at radius 3 is 2.38 bits per heavy atom. The van der Waals surface area contributed by atoms with Crippen LogP contribution in [0.25, 0.3) is 0 Å². The number of nitrogens with two attached hydrogens (primary N) is 1. The highest BCUT2D eigenvalue weighted by molar-refractivity contribution is 5.89. The highest BCUT2D eigenvalue weighted by Crippen LogP contribution is 2.12. The molecule has 0 saturated heterocycles. The van der Waals surface area contributed by atoms with E-state index in [2.05, 4.69) is 0 Å². The normalized spacial score (nSPS) is 9.62. The molecule has 0 fully saturated rings. The maximum atomic E-state index is 11.4. The van der Waals surface area contributed by atoms with Gasteiger partial charge in [0.2, 0.25) is 0 Å². The number of benzene rings is 1. The zero-order valence-corrected chi connectivity index (χ0v) is 8.93.